The number of aryl methyl sites for hydroxylation is 1. The summed E-state index contributed by atoms with van der Waals surface area (Å²) in [4.78, 5) is 14.7. The van der Waals surface area contributed by atoms with Gasteiger partial charge in [-0.3, -0.25) is 4.79 Å². The Bertz CT molecular complexity index is 554. The number of hydrogen-bond donors (Lipinski definition) is 1. The van der Waals surface area contributed by atoms with Crippen LogP contribution in [0, 0.1) is 19.8 Å². The van der Waals surface area contributed by atoms with Gasteiger partial charge in [0.2, 0.25) is 0 Å². The molecule has 3 heteroatoms. The van der Waals surface area contributed by atoms with Crippen LogP contribution in [-0.4, -0.2) is 34.6 Å². The zero-order chi connectivity index (χ0) is 15.0. The van der Waals surface area contributed by atoms with E-state index in [0.29, 0.717) is 13.1 Å². The number of nitrogens with zero attached hydrogens (tertiary/aromatic N) is 1. The van der Waals surface area contributed by atoms with Crippen LogP contribution in [0.15, 0.2) is 18.2 Å². The van der Waals surface area contributed by atoms with Gasteiger partial charge in [-0.2, -0.15) is 0 Å². The standard InChI is InChI=1S/C18H25NO2/c1-13-6-5-8-16(14(13)2)17(20)19-11-10-18(21)9-4-3-7-15(18)12-19/h5-6,8,15,21H,3-4,7,9-12H2,1-2H3. The highest BCUT2D eigenvalue weighted by molar-refractivity contribution is 5.96. The number of aliphatic hydroxyl groups is 1. The van der Waals surface area contributed by atoms with Crippen LogP contribution in [0.5, 0.6) is 0 Å². The van der Waals surface area contributed by atoms with Gasteiger partial charge in [0.25, 0.3) is 5.91 Å². The molecule has 114 valence electrons. The first-order chi connectivity index (χ1) is 10.0. The van der Waals surface area contributed by atoms with Gasteiger partial charge >= 0.3 is 0 Å². The van der Waals surface area contributed by atoms with Gasteiger partial charge in [-0.25, -0.2) is 0 Å². The topological polar surface area (TPSA) is 40.5 Å². The minimum atomic E-state index is -0.517. The fourth-order valence-electron chi connectivity index (χ4n) is 3.91. The second kappa shape index (κ2) is 5.45. The lowest BCUT2D eigenvalue weighted by atomic mass is 9.71. The first-order valence-corrected chi connectivity index (χ1v) is 8.09. The van der Waals surface area contributed by atoms with Gasteiger partial charge in [0.1, 0.15) is 0 Å². The predicted octanol–water partition coefficient (Wildman–Crippen LogP) is 3.07. The fourth-order valence-corrected chi connectivity index (χ4v) is 3.91. The summed E-state index contributed by atoms with van der Waals surface area (Å²) in [5.74, 6) is 0.387. The van der Waals surface area contributed by atoms with E-state index in [1.807, 2.05) is 36.9 Å². The summed E-state index contributed by atoms with van der Waals surface area (Å²) in [6.45, 7) is 5.45. The smallest absolute Gasteiger partial charge is 0.254 e. The maximum absolute atomic E-state index is 12.8. The molecule has 0 aromatic heterocycles. The van der Waals surface area contributed by atoms with Crippen molar-refractivity contribution in [1.29, 1.82) is 0 Å². The molecule has 1 N–H and O–H groups in total. The van der Waals surface area contributed by atoms with Crippen molar-refractivity contribution in [3.63, 3.8) is 0 Å². The van der Waals surface area contributed by atoms with Crippen LogP contribution in [0.25, 0.3) is 0 Å². The van der Waals surface area contributed by atoms with Crippen LogP contribution in [-0.2, 0) is 0 Å². The minimum Gasteiger partial charge on any atom is -0.389 e. The Balaban J connectivity index is 1.79. The van der Waals surface area contributed by atoms with Gasteiger partial charge in [-0.1, -0.05) is 25.0 Å². The molecule has 1 aromatic carbocycles. The van der Waals surface area contributed by atoms with Crippen molar-refractivity contribution >= 4 is 5.91 Å². The molecule has 0 bridgehead atoms. The van der Waals surface area contributed by atoms with E-state index in [9.17, 15) is 9.90 Å². The summed E-state index contributed by atoms with van der Waals surface area (Å²) in [5, 5.41) is 10.7. The SMILES string of the molecule is Cc1cccc(C(=O)N2CCC3(O)CCCCC3C2)c1C. The molecule has 1 aliphatic heterocycles. The van der Waals surface area contributed by atoms with E-state index in [4.69, 9.17) is 0 Å². The second-order valence-corrected chi connectivity index (χ2v) is 6.79. The molecule has 2 atom stereocenters. The van der Waals surface area contributed by atoms with E-state index in [1.54, 1.807) is 0 Å². The Hall–Kier alpha value is -1.35. The van der Waals surface area contributed by atoms with E-state index in [-0.39, 0.29) is 11.8 Å². The molecule has 21 heavy (non-hydrogen) atoms. The van der Waals surface area contributed by atoms with Gasteiger partial charge in [0.05, 0.1) is 5.60 Å². The number of amides is 1. The van der Waals surface area contributed by atoms with Crippen molar-refractivity contribution < 1.29 is 9.90 Å². The first kappa shape index (κ1) is 14.6. The average Bonchev–Trinajstić information content (AvgIpc) is 2.48. The number of benzene rings is 1. The number of piperidine rings is 1. The molecule has 0 spiro atoms. The summed E-state index contributed by atoms with van der Waals surface area (Å²) < 4.78 is 0. The van der Waals surface area contributed by atoms with E-state index >= 15 is 0 Å². The third kappa shape index (κ3) is 2.59. The number of fused-ring (bicyclic) bond motifs is 1. The van der Waals surface area contributed by atoms with Crippen LogP contribution in [0.4, 0.5) is 0 Å². The second-order valence-electron chi connectivity index (χ2n) is 6.79. The number of rotatable bonds is 1. The Morgan fingerprint density at radius 2 is 2.10 bits per heavy atom. The Morgan fingerprint density at radius 3 is 2.90 bits per heavy atom. The molecule has 1 saturated carbocycles. The van der Waals surface area contributed by atoms with Gasteiger partial charge in [-0.15, -0.1) is 0 Å². The summed E-state index contributed by atoms with van der Waals surface area (Å²) >= 11 is 0. The highest BCUT2D eigenvalue weighted by Crippen LogP contribution is 2.40. The van der Waals surface area contributed by atoms with Gasteiger partial charge < -0.3 is 10.0 Å². The Labute approximate surface area is 127 Å². The van der Waals surface area contributed by atoms with Crippen molar-refractivity contribution in [3.8, 4) is 0 Å². The number of carbonyl (C=O) groups is 1. The van der Waals surface area contributed by atoms with Crippen LogP contribution in [0.1, 0.15) is 53.6 Å². The highest BCUT2D eigenvalue weighted by atomic mass is 16.3. The summed E-state index contributed by atoms with van der Waals surface area (Å²) in [6.07, 6.45) is 4.99. The molecule has 2 aliphatic rings. The first-order valence-electron chi connectivity index (χ1n) is 8.09. The molecule has 1 heterocycles. The number of carbonyl (C=O) groups excluding carboxylic acids is 1. The zero-order valence-corrected chi connectivity index (χ0v) is 13.1. The lowest BCUT2D eigenvalue weighted by molar-refractivity contribution is -0.0886. The summed E-state index contributed by atoms with van der Waals surface area (Å²) in [7, 11) is 0. The predicted molar refractivity (Wildman–Crippen MR) is 83.3 cm³/mol. The highest BCUT2D eigenvalue weighted by Gasteiger charge is 2.43. The molecular weight excluding hydrogens is 262 g/mol. The van der Waals surface area contributed by atoms with Crippen molar-refractivity contribution in [2.45, 2.75) is 51.6 Å². The molecule has 3 nitrogen and oxygen atoms in total. The Morgan fingerprint density at radius 1 is 1.29 bits per heavy atom. The molecule has 1 aliphatic carbocycles. The van der Waals surface area contributed by atoms with Gasteiger partial charge in [0.15, 0.2) is 0 Å². The van der Waals surface area contributed by atoms with E-state index in [1.165, 1.54) is 6.42 Å². The van der Waals surface area contributed by atoms with Gasteiger partial charge in [0, 0.05) is 24.6 Å². The molecule has 1 saturated heterocycles. The van der Waals surface area contributed by atoms with E-state index in [2.05, 4.69) is 0 Å². The molecule has 3 rings (SSSR count). The van der Waals surface area contributed by atoms with Crippen LogP contribution < -0.4 is 0 Å². The maximum atomic E-state index is 12.8. The normalized spacial score (nSPS) is 29.1. The Kier molecular flexibility index (Phi) is 3.78. The third-order valence-corrected chi connectivity index (χ3v) is 5.55. The van der Waals surface area contributed by atoms with E-state index < -0.39 is 5.60 Å². The number of hydrogen-bond acceptors (Lipinski definition) is 2. The van der Waals surface area contributed by atoms with Crippen molar-refractivity contribution in [3.05, 3.63) is 34.9 Å². The maximum Gasteiger partial charge on any atom is 0.254 e. The monoisotopic (exact) mass is 287 g/mol. The molecule has 0 radical (unpaired) electrons. The molecule has 1 aromatic rings. The zero-order valence-electron chi connectivity index (χ0n) is 13.1. The number of likely N-dealkylation sites (tertiary alicyclic amines) is 1. The molecular formula is C18H25NO2. The molecule has 2 fully saturated rings. The average molecular weight is 287 g/mol. The summed E-state index contributed by atoms with van der Waals surface area (Å²) in [5.41, 5.74) is 2.53. The minimum absolute atomic E-state index is 0.129. The quantitative estimate of drug-likeness (QED) is 0.862. The lowest BCUT2D eigenvalue weighted by Crippen LogP contribution is -2.54. The van der Waals surface area contributed by atoms with E-state index in [0.717, 1.165) is 42.4 Å². The van der Waals surface area contributed by atoms with Crippen LogP contribution >= 0.6 is 0 Å². The van der Waals surface area contributed by atoms with Crippen molar-refractivity contribution in [2.24, 2.45) is 5.92 Å². The van der Waals surface area contributed by atoms with Gasteiger partial charge in [-0.05, 0) is 50.3 Å². The third-order valence-electron chi connectivity index (χ3n) is 5.55. The molecule has 1 amide bonds. The molecule has 2 unspecified atom stereocenters. The fraction of sp³-hybridized carbons (Fsp3) is 0.611. The largest absolute Gasteiger partial charge is 0.389 e. The van der Waals surface area contributed by atoms with Crippen LogP contribution in [0.2, 0.25) is 0 Å². The van der Waals surface area contributed by atoms with Crippen LogP contribution in [0.3, 0.4) is 0 Å². The lowest BCUT2D eigenvalue weighted by Gasteiger charge is -2.47. The summed E-state index contributed by atoms with van der Waals surface area (Å²) in [6, 6.07) is 5.92. The van der Waals surface area contributed by atoms with Crippen molar-refractivity contribution in [2.75, 3.05) is 13.1 Å². The van der Waals surface area contributed by atoms with Crippen molar-refractivity contribution in [1.82, 2.24) is 4.90 Å².